The molecule has 0 amide bonds. The summed E-state index contributed by atoms with van der Waals surface area (Å²) in [5, 5.41) is 8.60. The van der Waals surface area contributed by atoms with Gasteiger partial charge in [-0.3, -0.25) is 0 Å². The minimum absolute atomic E-state index is 0.693. The van der Waals surface area contributed by atoms with E-state index in [0.717, 1.165) is 31.7 Å². The van der Waals surface area contributed by atoms with Gasteiger partial charge in [0.1, 0.15) is 5.82 Å². The highest BCUT2D eigenvalue weighted by Gasteiger charge is 1.98. The Kier molecular flexibility index (Phi) is 4.96. The molecule has 0 spiro atoms. The molecule has 5 heteroatoms. The molecule has 0 saturated carbocycles. The van der Waals surface area contributed by atoms with Crippen LogP contribution in [0.3, 0.4) is 0 Å². The van der Waals surface area contributed by atoms with Crippen LogP contribution in [0.4, 0.5) is 11.8 Å². The van der Waals surface area contributed by atoms with Crippen molar-refractivity contribution < 1.29 is 0 Å². The highest BCUT2D eigenvalue weighted by Crippen LogP contribution is 2.10. The number of thiophene rings is 1. The normalized spacial score (nSPS) is 10.3. The first kappa shape index (κ1) is 12.8. The monoisotopic (exact) mass is 262 g/mol. The van der Waals surface area contributed by atoms with Crippen molar-refractivity contribution in [2.75, 3.05) is 23.7 Å². The first-order valence-electron chi connectivity index (χ1n) is 6.21. The molecule has 0 aliphatic carbocycles. The van der Waals surface area contributed by atoms with Crippen molar-refractivity contribution in [1.29, 1.82) is 0 Å². The fraction of sp³-hybridized carbons (Fsp3) is 0.385. The summed E-state index contributed by atoms with van der Waals surface area (Å²) >= 11 is 1.79. The average molecular weight is 262 g/mol. The first-order chi connectivity index (χ1) is 8.88. The Morgan fingerprint density at radius 1 is 1.22 bits per heavy atom. The van der Waals surface area contributed by atoms with Crippen LogP contribution in [-0.2, 0) is 6.42 Å². The molecule has 2 rings (SSSR count). The van der Waals surface area contributed by atoms with E-state index in [1.54, 1.807) is 17.5 Å². The van der Waals surface area contributed by atoms with Crippen LogP contribution in [0.1, 0.15) is 18.2 Å². The zero-order valence-electron chi connectivity index (χ0n) is 10.5. The van der Waals surface area contributed by atoms with Crippen LogP contribution < -0.4 is 10.6 Å². The number of nitrogens with zero attached hydrogens (tertiary/aromatic N) is 2. The van der Waals surface area contributed by atoms with Crippen molar-refractivity contribution in [3.05, 3.63) is 34.7 Å². The number of nitrogens with one attached hydrogen (secondary N) is 2. The van der Waals surface area contributed by atoms with Gasteiger partial charge in [-0.25, -0.2) is 4.98 Å². The molecule has 2 heterocycles. The number of rotatable bonds is 7. The molecule has 4 nitrogen and oxygen atoms in total. The quantitative estimate of drug-likeness (QED) is 0.805. The molecule has 0 aliphatic rings. The summed E-state index contributed by atoms with van der Waals surface area (Å²) in [6.45, 7) is 3.92. The number of anilines is 2. The molecule has 0 aliphatic heterocycles. The molecule has 0 radical (unpaired) electrons. The van der Waals surface area contributed by atoms with Gasteiger partial charge >= 0.3 is 0 Å². The highest BCUT2D eigenvalue weighted by atomic mass is 32.1. The lowest BCUT2D eigenvalue weighted by Gasteiger charge is -2.07. The average Bonchev–Trinajstić information content (AvgIpc) is 2.90. The van der Waals surface area contributed by atoms with Gasteiger partial charge in [-0.1, -0.05) is 13.0 Å². The predicted molar refractivity (Wildman–Crippen MR) is 77.3 cm³/mol. The molecule has 18 heavy (non-hydrogen) atoms. The van der Waals surface area contributed by atoms with Gasteiger partial charge in [-0.2, -0.15) is 4.98 Å². The van der Waals surface area contributed by atoms with Gasteiger partial charge in [0.25, 0.3) is 0 Å². The van der Waals surface area contributed by atoms with Gasteiger partial charge in [0, 0.05) is 24.2 Å². The smallest absolute Gasteiger partial charge is 0.224 e. The third-order valence-corrected chi connectivity index (χ3v) is 3.38. The summed E-state index contributed by atoms with van der Waals surface area (Å²) in [5.74, 6) is 1.57. The largest absolute Gasteiger partial charge is 0.370 e. The summed E-state index contributed by atoms with van der Waals surface area (Å²) in [7, 11) is 0. The molecule has 0 bridgehead atoms. The van der Waals surface area contributed by atoms with Gasteiger partial charge < -0.3 is 10.6 Å². The summed E-state index contributed by atoms with van der Waals surface area (Å²) in [5.41, 5.74) is 0. The van der Waals surface area contributed by atoms with Crippen molar-refractivity contribution in [2.24, 2.45) is 0 Å². The summed E-state index contributed by atoms with van der Waals surface area (Å²) in [4.78, 5) is 9.96. The van der Waals surface area contributed by atoms with Gasteiger partial charge in [0.05, 0.1) is 0 Å². The second-order valence-electron chi connectivity index (χ2n) is 3.95. The highest BCUT2D eigenvalue weighted by molar-refractivity contribution is 7.09. The Hall–Kier alpha value is -1.62. The number of hydrogen-bond acceptors (Lipinski definition) is 5. The number of hydrogen-bond donors (Lipinski definition) is 2. The zero-order chi connectivity index (χ0) is 12.6. The maximum atomic E-state index is 4.40. The third-order valence-electron chi connectivity index (χ3n) is 2.45. The van der Waals surface area contributed by atoms with E-state index in [0.29, 0.717) is 5.95 Å². The maximum Gasteiger partial charge on any atom is 0.224 e. The second-order valence-corrected chi connectivity index (χ2v) is 4.98. The lowest BCUT2D eigenvalue weighted by atomic mass is 10.3. The molecule has 0 unspecified atom stereocenters. The van der Waals surface area contributed by atoms with Crippen molar-refractivity contribution in [3.63, 3.8) is 0 Å². The van der Waals surface area contributed by atoms with Gasteiger partial charge in [0.2, 0.25) is 5.95 Å². The summed E-state index contributed by atoms with van der Waals surface area (Å²) < 4.78 is 0. The second kappa shape index (κ2) is 6.96. The Morgan fingerprint density at radius 2 is 2.17 bits per heavy atom. The van der Waals surface area contributed by atoms with Crippen LogP contribution >= 0.6 is 11.3 Å². The molecule has 2 aromatic rings. The molecule has 2 N–H and O–H groups in total. The van der Waals surface area contributed by atoms with Crippen LogP contribution in [0.15, 0.2) is 29.8 Å². The molecule has 2 aromatic heterocycles. The Balaban J connectivity index is 1.81. The Labute approximate surface area is 111 Å². The molecule has 96 valence electrons. The van der Waals surface area contributed by atoms with Gasteiger partial charge in [-0.15, -0.1) is 11.3 Å². The predicted octanol–water partition coefficient (Wildman–Crippen LogP) is 3.01. The van der Waals surface area contributed by atoms with E-state index >= 15 is 0 Å². The molecule has 0 saturated heterocycles. The van der Waals surface area contributed by atoms with Crippen LogP contribution in [0.2, 0.25) is 0 Å². The lowest BCUT2D eigenvalue weighted by molar-refractivity contribution is 0.948. The zero-order valence-corrected chi connectivity index (χ0v) is 11.3. The maximum absolute atomic E-state index is 4.40. The molecule has 0 atom stereocenters. The van der Waals surface area contributed by atoms with Crippen molar-refractivity contribution >= 4 is 23.1 Å². The fourth-order valence-electron chi connectivity index (χ4n) is 1.55. The van der Waals surface area contributed by atoms with Crippen molar-refractivity contribution in [3.8, 4) is 0 Å². The molecule has 0 aromatic carbocycles. The molecular weight excluding hydrogens is 244 g/mol. The third kappa shape index (κ3) is 4.00. The first-order valence-corrected chi connectivity index (χ1v) is 7.09. The fourth-order valence-corrected chi connectivity index (χ4v) is 2.26. The van der Waals surface area contributed by atoms with Crippen LogP contribution in [-0.4, -0.2) is 23.1 Å². The minimum atomic E-state index is 0.693. The Bertz CT molecular complexity index is 456. The van der Waals surface area contributed by atoms with E-state index < -0.39 is 0 Å². The van der Waals surface area contributed by atoms with E-state index in [1.807, 2.05) is 6.07 Å². The Morgan fingerprint density at radius 3 is 2.94 bits per heavy atom. The minimum Gasteiger partial charge on any atom is -0.370 e. The van der Waals surface area contributed by atoms with E-state index in [9.17, 15) is 0 Å². The molecular formula is C13H18N4S. The summed E-state index contributed by atoms with van der Waals surface area (Å²) in [6.07, 6.45) is 3.87. The number of aromatic nitrogens is 2. The van der Waals surface area contributed by atoms with E-state index in [-0.39, 0.29) is 0 Å². The van der Waals surface area contributed by atoms with Crippen LogP contribution in [0.5, 0.6) is 0 Å². The van der Waals surface area contributed by atoms with Crippen LogP contribution in [0.25, 0.3) is 0 Å². The van der Waals surface area contributed by atoms with E-state index in [2.05, 4.69) is 45.0 Å². The van der Waals surface area contributed by atoms with Crippen molar-refractivity contribution in [2.45, 2.75) is 19.8 Å². The van der Waals surface area contributed by atoms with E-state index in [1.165, 1.54) is 4.88 Å². The van der Waals surface area contributed by atoms with Crippen molar-refractivity contribution in [1.82, 2.24) is 9.97 Å². The SMILES string of the molecule is CCCNc1nccc(NCCc2cccs2)n1. The molecule has 0 fully saturated rings. The summed E-state index contributed by atoms with van der Waals surface area (Å²) in [6, 6.07) is 6.13. The van der Waals surface area contributed by atoms with Gasteiger partial charge in [0.15, 0.2) is 0 Å². The van der Waals surface area contributed by atoms with E-state index in [4.69, 9.17) is 0 Å². The van der Waals surface area contributed by atoms with Gasteiger partial charge in [-0.05, 0) is 30.4 Å². The topological polar surface area (TPSA) is 49.8 Å². The van der Waals surface area contributed by atoms with Crippen LogP contribution in [0, 0.1) is 0 Å². The lowest BCUT2D eigenvalue weighted by Crippen LogP contribution is -2.09. The standard InChI is InChI=1S/C13H18N4S/c1-2-7-15-13-16-9-6-12(17-13)14-8-5-11-4-3-10-18-11/h3-4,6,9-10H,2,5,7-8H2,1H3,(H2,14,15,16,17).